The minimum Gasteiger partial charge on any atom is -0.388 e. The highest BCUT2D eigenvalue weighted by Crippen LogP contribution is 2.33. The standard InChI is InChI=1S/C18H29NO/c1-3-5-9-15(4-2)14-19-13-8-12-18(20)16-10-6-7-11-17(16)19/h6-7,10-11,15,18,20H,3-5,8-9,12-14H2,1-2H3. The van der Waals surface area contributed by atoms with E-state index in [1.807, 2.05) is 6.07 Å². The summed E-state index contributed by atoms with van der Waals surface area (Å²) in [4.78, 5) is 2.51. The number of hydrogen-bond acceptors (Lipinski definition) is 2. The van der Waals surface area contributed by atoms with Gasteiger partial charge in [-0.1, -0.05) is 51.3 Å². The van der Waals surface area contributed by atoms with E-state index in [1.165, 1.54) is 31.4 Å². The molecule has 0 spiro atoms. The summed E-state index contributed by atoms with van der Waals surface area (Å²) in [5.74, 6) is 0.776. The van der Waals surface area contributed by atoms with Crippen LogP contribution >= 0.6 is 0 Å². The third-order valence-corrected chi connectivity index (χ3v) is 4.56. The van der Waals surface area contributed by atoms with Crippen molar-refractivity contribution in [3.8, 4) is 0 Å². The number of nitrogens with zero attached hydrogens (tertiary/aromatic N) is 1. The molecule has 2 unspecified atom stereocenters. The zero-order chi connectivity index (χ0) is 14.4. The zero-order valence-corrected chi connectivity index (χ0v) is 13.0. The second kappa shape index (κ2) is 7.68. The predicted octanol–water partition coefficient (Wildman–Crippen LogP) is 4.54. The van der Waals surface area contributed by atoms with E-state index in [1.54, 1.807) is 0 Å². The van der Waals surface area contributed by atoms with Gasteiger partial charge >= 0.3 is 0 Å². The number of unbranched alkanes of at least 4 members (excludes halogenated alkanes) is 1. The minimum absolute atomic E-state index is 0.285. The van der Waals surface area contributed by atoms with Crippen molar-refractivity contribution in [2.75, 3.05) is 18.0 Å². The van der Waals surface area contributed by atoms with E-state index in [2.05, 4.69) is 36.9 Å². The molecular weight excluding hydrogens is 246 g/mol. The maximum absolute atomic E-state index is 10.3. The average Bonchev–Trinajstić information content (AvgIpc) is 2.64. The lowest BCUT2D eigenvalue weighted by Crippen LogP contribution is -2.30. The van der Waals surface area contributed by atoms with Crippen molar-refractivity contribution < 1.29 is 5.11 Å². The molecule has 0 fully saturated rings. The van der Waals surface area contributed by atoms with E-state index in [0.717, 1.165) is 37.4 Å². The van der Waals surface area contributed by atoms with Crippen LogP contribution in [0.15, 0.2) is 24.3 Å². The fourth-order valence-corrected chi connectivity index (χ4v) is 3.23. The second-order valence-electron chi connectivity index (χ2n) is 6.08. The number of anilines is 1. The molecule has 0 bridgehead atoms. The molecule has 1 aromatic rings. The van der Waals surface area contributed by atoms with Crippen LogP contribution in [0.4, 0.5) is 5.69 Å². The number of aliphatic hydroxyl groups excluding tert-OH is 1. The van der Waals surface area contributed by atoms with Gasteiger partial charge in [-0.3, -0.25) is 0 Å². The van der Waals surface area contributed by atoms with Gasteiger partial charge in [-0.15, -0.1) is 0 Å². The van der Waals surface area contributed by atoms with Gasteiger partial charge in [-0.2, -0.15) is 0 Å². The van der Waals surface area contributed by atoms with E-state index < -0.39 is 0 Å². The number of hydrogen-bond donors (Lipinski definition) is 1. The Bertz CT molecular complexity index is 404. The summed E-state index contributed by atoms with van der Waals surface area (Å²) in [5, 5.41) is 10.3. The minimum atomic E-state index is -0.285. The molecule has 1 aromatic carbocycles. The molecule has 1 heterocycles. The maximum atomic E-state index is 10.3. The lowest BCUT2D eigenvalue weighted by molar-refractivity contribution is 0.168. The van der Waals surface area contributed by atoms with Crippen LogP contribution in [0, 0.1) is 5.92 Å². The van der Waals surface area contributed by atoms with Crippen LogP contribution in [0.2, 0.25) is 0 Å². The Kier molecular flexibility index (Phi) is 5.90. The fraction of sp³-hybridized carbons (Fsp3) is 0.667. The lowest BCUT2D eigenvalue weighted by Gasteiger charge is -2.29. The normalized spacial score (nSPS) is 20.4. The van der Waals surface area contributed by atoms with Crippen LogP contribution in [0.3, 0.4) is 0 Å². The van der Waals surface area contributed by atoms with Gasteiger partial charge in [0.1, 0.15) is 0 Å². The topological polar surface area (TPSA) is 23.5 Å². The fourth-order valence-electron chi connectivity index (χ4n) is 3.23. The Morgan fingerprint density at radius 3 is 2.85 bits per heavy atom. The second-order valence-corrected chi connectivity index (χ2v) is 6.08. The zero-order valence-electron chi connectivity index (χ0n) is 13.0. The molecule has 0 saturated carbocycles. The monoisotopic (exact) mass is 275 g/mol. The molecule has 2 rings (SSSR count). The summed E-state index contributed by atoms with van der Waals surface area (Å²) in [6.07, 6.45) is 6.88. The number of benzene rings is 1. The molecule has 0 saturated heterocycles. The molecule has 1 aliphatic heterocycles. The highest BCUT2D eigenvalue weighted by atomic mass is 16.3. The van der Waals surface area contributed by atoms with Crippen molar-refractivity contribution in [3.05, 3.63) is 29.8 Å². The lowest BCUT2D eigenvalue weighted by atomic mass is 9.98. The van der Waals surface area contributed by atoms with Crippen molar-refractivity contribution in [2.24, 2.45) is 5.92 Å². The van der Waals surface area contributed by atoms with Gasteiger partial charge < -0.3 is 10.0 Å². The smallest absolute Gasteiger partial charge is 0.0810 e. The van der Waals surface area contributed by atoms with Crippen molar-refractivity contribution in [1.82, 2.24) is 0 Å². The van der Waals surface area contributed by atoms with Crippen molar-refractivity contribution in [3.63, 3.8) is 0 Å². The molecule has 0 radical (unpaired) electrons. The van der Waals surface area contributed by atoms with Crippen LogP contribution in [0.1, 0.15) is 64.0 Å². The highest BCUT2D eigenvalue weighted by Gasteiger charge is 2.22. The molecule has 2 heteroatoms. The first kappa shape index (κ1) is 15.4. The van der Waals surface area contributed by atoms with Gasteiger partial charge in [0.25, 0.3) is 0 Å². The molecule has 1 aliphatic rings. The summed E-state index contributed by atoms with van der Waals surface area (Å²) < 4.78 is 0. The van der Waals surface area contributed by atoms with Crippen LogP contribution in [-0.2, 0) is 0 Å². The average molecular weight is 275 g/mol. The summed E-state index contributed by atoms with van der Waals surface area (Å²) in [6.45, 7) is 6.79. The van der Waals surface area contributed by atoms with E-state index >= 15 is 0 Å². The Balaban J connectivity index is 2.12. The van der Waals surface area contributed by atoms with Crippen LogP contribution in [0.5, 0.6) is 0 Å². The van der Waals surface area contributed by atoms with Crippen LogP contribution in [-0.4, -0.2) is 18.2 Å². The summed E-state index contributed by atoms with van der Waals surface area (Å²) in [6, 6.07) is 8.40. The Morgan fingerprint density at radius 2 is 2.10 bits per heavy atom. The molecule has 0 aromatic heterocycles. The van der Waals surface area contributed by atoms with Crippen molar-refractivity contribution in [2.45, 2.75) is 58.5 Å². The van der Waals surface area contributed by atoms with Gasteiger partial charge in [-0.05, 0) is 31.2 Å². The van der Waals surface area contributed by atoms with Crippen molar-refractivity contribution in [1.29, 1.82) is 0 Å². The predicted molar refractivity (Wildman–Crippen MR) is 86.2 cm³/mol. The van der Waals surface area contributed by atoms with E-state index in [9.17, 15) is 5.11 Å². The third kappa shape index (κ3) is 3.76. The first-order chi connectivity index (χ1) is 9.76. The summed E-state index contributed by atoms with van der Waals surface area (Å²) >= 11 is 0. The Hall–Kier alpha value is -1.02. The maximum Gasteiger partial charge on any atom is 0.0810 e. The molecular formula is C18H29NO. The van der Waals surface area contributed by atoms with Gasteiger partial charge in [0, 0.05) is 24.3 Å². The van der Waals surface area contributed by atoms with Gasteiger partial charge in [0.05, 0.1) is 6.10 Å². The first-order valence-electron chi connectivity index (χ1n) is 8.28. The molecule has 20 heavy (non-hydrogen) atoms. The van der Waals surface area contributed by atoms with Crippen molar-refractivity contribution >= 4 is 5.69 Å². The number of rotatable bonds is 6. The third-order valence-electron chi connectivity index (χ3n) is 4.56. The molecule has 0 amide bonds. The summed E-state index contributed by atoms with van der Waals surface area (Å²) in [5.41, 5.74) is 2.38. The molecule has 1 N–H and O–H groups in total. The van der Waals surface area contributed by atoms with Crippen LogP contribution < -0.4 is 4.90 Å². The molecule has 112 valence electrons. The Morgan fingerprint density at radius 1 is 1.30 bits per heavy atom. The van der Waals surface area contributed by atoms with Gasteiger partial charge in [0.15, 0.2) is 0 Å². The van der Waals surface area contributed by atoms with Crippen LogP contribution in [0.25, 0.3) is 0 Å². The number of para-hydroxylation sites is 1. The highest BCUT2D eigenvalue weighted by molar-refractivity contribution is 5.55. The SMILES string of the molecule is CCCCC(CC)CN1CCCC(O)c2ccccc21. The number of aliphatic hydroxyl groups is 1. The first-order valence-corrected chi connectivity index (χ1v) is 8.28. The van der Waals surface area contributed by atoms with E-state index in [0.29, 0.717) is 0 Å². The van der Waals surface area contributed by atoms with E-state index in [-0.39, 0.29) is 6.10 Å². The van der Waals surface area contributed by atoms with Gasteiger partial charge in [0.2, 0.25) is 0 Å². The van der Waals surface area contributed by atoms with E-state index in [4.69, 9.17) is 0 Å². The number of fused-ring (bicyclic) bond motifs is 1. The molecule has 0 aliphatic carbocycles. The molecule has 2 nitrogen and oxygen atoms in total. The quantitative estimate of drug-likeness (QED) is 0.824. The Labute approximate surface area is 123 Å². The summed E-state index contributed by atoms with van der Waals surface area (Å²) in [7, 11) is 0. The van der Waals surface area contributed by atoms with Gasteiger partial charge in [-0.25, -0.2) is 0 Å². The molecule has 2 atom stereocenters. The largest absolute Gasteiger partial charge is 0.388 e.